The predicted octanol–water partition coefficient (Wildman–Crippen LogP) is 3.04. The van der Waals surface area contributed by atoms with E-state index < -0.39 is 18.2 Å². The van der Waals surface area contributed by atoms with Crippen molar-refractivity contribution in [2.45, 2.75) is 19.8 Å². The number of carbonyl (C=O) groups excluding carboxylic acids is 3. The minimum atomic E-state index is -0.949. The second-order valence-electron chi connectivity index (χ2n) is 4.71. The van der Waals surface area contributed by atoms with Gasteiger partial charge in [-0.1, -0.05) is 30.3 Å². The van der Waals surface area contributed by atoms with Gasteiger partial charge in [-0.15, -0.1) is 11.3 Å². The van der Waals surface area contributed by atoms with E-state index >= 15 is 0 Å². The zero-order chi connectivity index (χ0) is 15.9. The topological polar surface area (TPSA) is 60.4 Å². The predicted molar refractivity (Wildman–Crippen MR) is 84.2 cm³/mol. The molecule has 0 N–H and O–H groups in total. The lowest BCUT2D eigenvalue weighted by atomic mass is 10.1. The summed E-state index contributed by atoms with van der Waals surface area (Å²) in [7, 11) is 0. The molecule has 1 heterocycles. The van der Waals surface area contributed by atoms with E-state index in [-0.39, 0.29) is 12.4 Å². The van der Waals surface area contributed by atoms with Crippen molar-refractivity contribution in [1.29, 1.82) is 0 Å². The Hall–Kier alpha value is -2.27. The monoisotopic (exact) mass is 316 g/mol. The van der Waals surface area contributed by atoms with Gasteiger partial charge in [0.25, 0.3) is 0 Å². The highest BCUT2D eigenvalue weighted by atomic mass is 32.1. The maximum absolute atomic E-state index is 12.0. The molecule has 1 aromatic carbocycles. The van der Waals surface area contributed by atoms with Gasteiger partial charge in [-0.05, 0) is 18.6 Å². The Bertz CT molecular complexity index is 673. The van der Waals surface area contributed by atoms with Crippen LogP contribution in [0.2, 0.25) is 0 Å². The summed E-state index contributed by atoms with van der Waals surface area (Å²) in [5.41, 5.74) is 1.62. The van der Waals surface area contributed by atoms with Crippen LogP contribution in [0.4, 0.5) is 0 Å². The molecule has 0 aliphatic rings. The van der Waals surface area contributed by atoms with Gasteiger partial charge in [0.15, 0.2) is 5.78 Å². The molecule has 4 nitrogen and oxygen atoms in total. The zero-order valence-electron chi connectivity index (χ0n) is 12.2. The fraction of sp³-hybridized carbons (Fsp3) is 0.235. The van der Waals surface area contributed by atoms with Crippen LogP contribution in [-0.4, -0.2) is 24.1 Å². The molecule has 0 bridgehead atoms. The van der Waals surface area contributed by atoms with Crippen LogP contribution >= 0.6 is 11.3 Å². The van der Waals surface area contributed by atoms with Gasteiger partial charge < -0.3 is 4.74 Å². The maximum Gasteiger partial charge on any atom is 0.375 e. The molecule has 114 valence electrons. The zero-order valence-corrected chi connectivity index (χ0v) is 13.0. The third kappa shape index (κ3) is 4.36. The lowest BCUT2D eigenvalue weighted by Gasteiger charge is -1.99. The number of hydrogen-bond donors (Lipinski definition) is 0. The molecule has 0 saturated carbocycles. The van der Waals surface area contributed by atoms with Crippen molar-refractivity contribution in [1.82, 2.24) is 0 Å². The minimum Gasteiger partial charge on any atom is -0.460 e. The second-order valence-corrected chi connectivity index (χ2v) is 5.70. The molecular weight excluding hydrogens is 300 g/mol. The number of esters is 1. The average Bonchev–Trinajstić information content (AvgIpc) is 2.97. The largest absolute Gasteiger partial charge is 0.460 e. The summed E-state index contributed by atoms with van der Waals surface area (Å²) in [6.07, 6.45) is 0.297. The van der Waals surface area contributed by atoms with Crippen molar-refractivity contribution in [2.24, 2.45) is 0 Å². The third-order valence-electron chi connectivity index (χ3n) is 3.02. The lowest BCUT2D eigenvalue weighted by molar-refractivity contribution is -0.153. The van der Waals surface area contributed by atoms with Gasteiger partial charge in [0, 0.05) is 22.2 Å². The molecule has 1 aromatic heterocycles. The first-order valence-electron chi connectivity index (χ1n) is 6.94. The Kier molecular flexibility index (Phi) is 5.61. The molecule has 0 amide bonds. The molecule has 2 rings (SSSR count). The van der Waals surface area contributed by atoms with Gasteiger partial charge in [0.1, 0.15) is 0 Å². The van der Waals surface area contributed by atoms with E-state index in [2.05, 4.69) is 4.74 Å². The van der Waals surface area contributed by atoms with E-state index in [1.807, 2.05) is 30.3 Å². The highest BCUT2D eigenvalue weighted by Gasteiger charge is 2.20. The second kappa shape index (κ2) is 7.66. The molecule has 0 spiro atoms. The summed E-state index contributed by atoms with van der Waals surface area (Å²) in [5.74, 6) is -2.10. The number of ether oxygens (including phenoxy) is 1. The number of benzene rings is 1. The average molecular weight is 316 g/mol. The lowest BCUT2D eigenvalue weighted by Crippen LogP contribution is -2.20. The Balaban J connectivity index is 1.97. The van der Waals surface area contributed by atoms with Crippen molar-refractivity contribution in [3.8, 4) is 0 Å². The Morgan fingerprint density at radius 2 is 1.86 bits per heavy atom. The summed E-state index contributed by atoms with van der Waals surface area (Å²) in [6, 6.07) is 11.7. The highest BCUT2D eigenvalue weighted by Crippen LogP contribution is 2.20. The fourth-order valence-corrected chi connectivity index (χ4v) is 2.87. The molecule has 22 heavy (non-hydrogen) atoms. The van der Waals surface area contributed by atoms with Crippen LogP contribution in [0.25, 0.3) is 0 Å². The van der Waals surface area contributed by atoms with Gasteiger partial charge in [-0.2, -0.15) is 0 Å². The molecule has 5 heteroatoms. The van der Waals surface area contributed by atoms with Crippen LogP contribution in [0.5, 0.6) is 0 Å². The summed E-state index contributed by atoms with van der Waals surface area (Å²) in [5, 5.41) is 1.72. The van der Waals surface area contributed by atoms with Gasteiger partial charge in [-0.25, -0.2) is 4.79 Å². The summed E-state index contributed by atoms with van der Waals surface area (Å²) in [4.78, 5) is 35.8. The van der Waals surface area contributed by atoms with Gasteiger partial charge >= 0.3 is 5.97 Å². The first kappa shape index (κ1) is 16.1. The van der Waals surface area contributed by atoms with Crippen LogP contribution in [-0.2, 0) is 20.7 Å². The number of thiophene rings is 1. The van der Waals surface area contributed by atoms with Crippen LogP contribution in [0.1, 0.15) is 34.1 Å². The van der Waals surface area contributed by atoms with Crippen molar-refractivity contribution in [2.75, 3.05) is 6.61 Å². The van der Waals surface area contributed by atoms with E-state index in [9.17, 15) is 14.4 Å². The fourth-order valence-electron chi connectivity index (χ4n) is 1.95. The van der Waals surface area contributed by atoms with Crippen LogP contribution in [0, 0.1) is 0 Å². The molecule has 2 aromatic rings. The van der Waals surface area contributed by atoms with Crippen LogP contribution in [0.15, 0.2) is 41.8 Å². The maximum atomic E-state index is 12.0. The molecule has 0 unspecified atom stereocenters. The van der Waals surface area contributed by atoms with Crippen molar-refractivity contribution >= 4 is 28.9 Å². The molecule has 0 atom stereocenters. The van der Waals surface area contributed by atoms with E-state index in [1.165, 1.54) is 11.3 Å². The molecule has 0 saturated heterocycles. The number of rotatable bonds is 7. The van der Waals surface area contributed by atoms with Gasteiger partial charge in [-0.3, -0.25) is 9.59 Å². The van der Waals surface area contributed by atoms with Gasteiger partial charge in [0.05, 0.1) is 13.0 Å². The number of hydrogen-bond acceptors (Lipinski definition) is 5. The smallest absolute Gasteiger partial charge is 0.375 e. The van der Waals surface area contributed by atoms with Crippen LogP contribution in [0.3, 0.4) is 0 Å². The van der Waals surface area contributed by atoms with Gasteiger partial charge in [0.2, 0.25) is 5.78 Å². The minimum absolute atomic E-state index is 0.123. The number of carbonyl (C=O) groups is 3. The van der Waals surface area contributed by atoms with Crippen molar-refractivity contribution in [3.63, 3.8) is 0 Å². The Morgan fingerprint density at radius 1 is 1.14 bits per heavy atom. The highest BCUT2D eigenvalue weighted by molar-refractivity contribution is 7.10. The number of Topliss-reactive ketones (excluding diaryl/α,β-unsaturated/α-hetero) is 2. The van der Waals surface area contributed by atoms with Crippen LogP contribution < -0.4 is 0 Å². The summed E-state index contributed by atoms with van der Waals surface area (Å²) in [6.45, 7) is 1.74. The first-order chi connectivity index (χ1) is 10.6. The quantitative estimate of drug-likeness (QED) is 0.341. The first-order valence-corrected chi connectivity index (χ1v) is 7.82. The third-order valence-corrected chi connectivity index (χ3v) is 3.96. The Labute approximate surface area is 132 Å². The van der Waals surface area contributed by atoms with E-state index in [0.717, 1.165) is 16.9 Å². The SMILES string of the molecule is CCOC(=O)C(=O)CC(=O)c1csc(Cc2ccccc2)c1. The molecular formula is C17H16O4S. The molecule has 0 aliphatic carbocycles. The van der Waals surface area contributed by atoms with Crippen molar-refractivity contribution < 1.29 is 19.1 Å². The number of ketones is 2. The van der Waals surface area contributed by atoms with E-state index in [4.69, 9.17) is 0 Å². The van der Waals surface area contributed by atoms with Crippen molar-refractivity contribution in [3.05, 3.63) is 57.8 Å². The van der Waals surface area contributed by atoms with E-state index in [1.54, 1.807) is 18.4 Å². The molecule has 0 fully saturated rings. The Morgan fingerprint density at radius 3 is 2.55 bits per heavy atom. The summed E-state index contributed by atoms with van der Waals surface area (Å²) >= 11 is 1.47. The van der Waals surface area contributed by atoms with E-state index in [0.29, 0.717) is 5.56 Å². The standard InChI is InChI=1S/C17H16O4S/c1-2-21-17(20)16(19)10-15(18)13-9-14(22-11-13)8-12-6-4-3-5-7-12/h3-7,9,11H,2,8,10H2,1H3. The molecule has 0 radical (unpaired) electrons. The normalized spacial score (nSPS) is 10.2. The summed E-state index contributed by atoms with van der Waals surface area (Å²) < 4.78 is 4.59. The molecule has 0 aliphatic heterocycles.